The molecule has 3 aromatic carbocycles. The molecule has 4 aromatic rings. The van der Waals surface area contributed by atoms with Crippen LogP contribution < -0.4 is 20.3 Å². The van der Waals surface area contributed by atoms with Crippen LogP contribution in [0.15, 0.2) is 103 Å². The molecule has 1 saturated heterocycles. The van der Waals surface area contributed by atoms with Crippen LogP contribution in [-0.4, -0.2) is 67.1 Å². The fourth-order valence-corrected chi connectivity index (χ4v) is 4.65. The van der Waals surface area contributed by atoms with Crippen LogP contribution in [0.1, 0.15) is 5.56 Å². The molecule has 2 heterocycles. The zero-order chi connectivity index (χ0) is 29.9. The zero-order valence-electron chi connectivity index (χ0n) is 23.7. The minimum absolute atomic E-state index is 0.00564. The third kappa shape index (κ3) is 9.09. The Labute approximate surface area is 250 Å². The van der Waals surface area contributed by atoms with Gasteiger partial charge in [0.25, 0.3) is 0 Å². The number of hydrogen-bond donors (Lipinski definition) is 2. The van der Waals surface area contributed by atoms with Crippen LogP contribution >= 0.6 is 0 Å². The average molecular weight is 584 g/mol. The first kappa shape index (κ1) is 29.7. The van der Waals surface area contributed by atoms with Gasteiger partial charge in [-0.05, 0) is 66.2 Å². The number of nitrogens with zero attached hydrogens (tertiary/aromatic N) is 3. The molecule has 2 amide bonds. The van der Waals surface area contributed by atoms with Crippen LogP contribution in [0.4, 0.5) is 15.9 Å². The Hall–Kier alpha value is -4.80. The van der Waals surface area contributed by atoms with Gasteiger partial charge in [0.15, 0.2) is 0 Å². The number of anilines is 2. The van der Waals surface area contributed by atoms with Gasteiger partial charge in [0.2, 0.25) is 11.8 Å². The lowest BCUT2D eigenvalue weighted by Gasteiger charge is -2.35. The molecule has 1 atom stereocenters. The highest BCUT2D eigenvalue weighted by atomic mass is 19.1. The number of benzene rings is 3. The lowest BCUT2D eigenvalue weighted by Crippen LogP contribution is -2.53. The van der Waals surface area contributed by atoms with Crippen molar-refractivity contribution in [1.82, 2.24) is 15.2 Å². The van der Waals surface area contributed by atoms with Gasteiger partial charge in [-0.15, -0.1) is 0 Å². The number of pyridine rings is 1. The molecule has 1 fully saturated rings. The van der Waals surface area contributed by atoms with Crippen molar-refractivity contribution < 1.29 is 23.5 Å². The van der Waals surface area contributed by atoms with Gasteiger partial charge in [0.1, 0.15) is 29.2 Å². The quantitative estimate of drug-likeness (QED) is 0.254. The predicted molar refractivity (Wildman–Crippen MR) is 162 cm³/mol. The topological polar surface area (TPSA) is 96.0 Å². The van der Waals surface area contributed by atoms with E-state index in [0.717, 1.165) is 24.5 Å². The van der Waals surface area contributed by atoms with E-state index in [1.165, 1.54) is 24.3 Å². The summed E-state index contributed by atoms with van der Waals surface area (Å²) >= 11 is 0. The molecule has 1 aromatic heterocycles. The zero-order valence-corrected chi connectivity index (χ0v) is 23.7. The highest BCUT2D eigenvalue weighted by molar-refractivity contribution is 5.97. The number of carbonyl (C=O) groups is 2. The maximum absolute atomic E-state index is 13.3. The fourth-order valence-electron chi connectivity index (χ4n) is 4.65. The van der Waals surface area contributed by atoms with Crippen molar-refractivity contribution in [2.45, 2.75) is 12.6 Å². The van der Waals surface area contributed by atoms with E-state index < -0.39 is 11.9 Å². The largest absolute Gasteiger partial charge is 0.457 e. The van der Waals surface area contributed by atoms with Gasteiger partial charge in [0, 0.05) is 38.1 Å². The highest BCUT2D eigenvalue weighted by Gasteiger charge is 2.24. The summed E-state index contributed by atoms with van der Waals surface area (Å²) in [5.74, 6) is 0.960. The highest BCUT2D eigenvalue weighted by Crippen LogP contribution is 2.23. The number of hydrogen-bond acceptors (Lipinski definition) is 7. The molecule has 1 aliphatic heterocycles. The van der Waals surface area contributed by atoms with Crippen LogP contribution in [0.5, 0.6) is 11.5 Å². The molecule has 0 bridgehead atoms. The van der Waals surface area contributed by atoms with E-state index in [-0.39, 0.29) is 24.9 Å². The summed E-state index contributed by atoms with van der Waals surface area (Å²) in [7, 11) is 0. The minimum atomic E-state index is -0.902. The molecule has 0 spiro atoms. The lowest BCUT2D eigenvalue weighted by atomic mass is 10.2. The maximum Gasteiger partial charge on any atom is 0.249 e. The smallest absolute Gasteiger partial charge is 0.249 e. The van der Waals surface area contributed by atoms with Crippen molar-refractivity contribution in [2.24, 2.45) is 0 Å². The summed E-state index contributed by atoms with van der Waals surface area (Å²) in [4.78, 5) is 35.0. The molecule has 5 rings (SSSR count). The molecule has 0 radical (unpaired) electrons. The van der Waals surface area contributed by atoms with Gasteiger partial charge in [-0.1, -0.05) is 36.4 Å². The number of carbonyl (C=O) groups excluding carboxylic acids is 2. The van der Waals surface area contributed by atoms with E-state index in [2.05, 4.69) is 25.4 Å². The molecule has 10 heteroatoms. The summed E-state index contributed by atoms with van der Waals surface area (Å²) in [5.41, 5.74) is 1.50. The minimum Gasteiger partial charge on any atom is -0.457 e. The summed E-state index contributed by atoms with van der Waals surface area (Å²) in [5, 5.41) is 5.72. The lowest BCUT2D eigenvalue weighted by molar-refractivity contribution is -0.128. The first-order valence-corrected chi connectivity index (χ1v) is 14.2. The first-order valence-electron chi connectivity index (χ1n) is 14.2. The molecule has 222 valence electrons. The molecule has 1 aliphatic rings. The number of rotatable bonds is 12. The van der Waals surface area contributed by atoms with Crippen LogP contribution in [0.25, 0.3) is 0 Å². The van der Waals surface area contributed by atoms with E-state index in [0.29, 0.717) is 36.9 Å². The van der Waals surface area contributed by atoms with Crippen molar-refractivity contribution >= 4 is 23.3 Å². The van der Waals surface area contributed by atoms with Crippen LogP contribution in [-0.2, 0) is 20.9 Å². The van der Waals surface area contributed by atoms with Gasteiger partial charge in [-0.25, -0.2) is 9.37 Å². The summed E-state index contributed by atoms with van der Waals surface area (Å²) in [6.07, 6.45) is 1.77. The SMILES string of the molecule is O=C(CN1CCN(c2ccccn2)CC1)N[C@@H](COCc1ccccc1)C(=O)Nc1ccc(Oc2ccc(F)cc2)cc1. The van der Waals surface area contributed by atoms with Gasteiger partial charge in [-0.2, -0.15) is 0 Å². The Bertz CT molecular complexity index is 1450. The van der Waals surface area contributed by atoms with Crippen LogP contribution in [0.3, 0.4) is 0 Å². The van der Waals surface area contributed by atoms with Crippen LogP contribution in [0, 0.1) is 5.82 Å². The Kier molecular flexibility index (Phi) is 10.3. The third-order valence-electron chi connectivity index (χ3n) is 6.93. The molecule has 2 N–H and O–H groups in total. The van der Waals surface area contributed by atoms with E-state index in [9.17, 15) is 14.0 Å². The second-order valence-electron chi connectivity index (χ2n) is 10.1. The monoisotopic (exact) mass is 583 g/mol. The van der Waals surface area contributed by atoms with Crippen LogP contribution in [0.2, 0.25) is 0 Å². The van der Waals surface area contributed by atoms with Gasteiger partial charge < -0.3 is 25.0 Å². The molecule has 9 nitrogen and oxygen atoms in total. The third-order valence-corrected chi connectivity index (χ3v) is 6.93. The predicted octanol–water partition coefficient (Wildman–Crippen LogP) is 4.48. The second-order valence-corrected chi connectivity index (χ2v) is 10.1. The standard InChI is InChI=1S/C33H34FN5O4/c34-26-9-13-28(14-10-26)43-29-15-11-27(12-16-29)36-33(41)30(24-42-23-25-6-2-1-3-7-25)37-32(40)22-38-18-20-39(21-19-38)31-8-4-5-17-35-31/h1-17,30H,18-24H2,(H,36,41)(H,37,40)/t30-/m0/s1. The summed E-state index contributed by atoms with van der Waals surface area (Å²) in [6, 6.07) is 27.1. The van der Waals surface area contributed by atoms with Gasteiger partial charge in [0.05, 0.1) is 19.8 Å². The number of amides is 2. The summed E-state index contributed by atoms with van der Waals surface area (Å²) in [6.45, 7) is 3.42. The van der Waals surface area contributed by atoms with E-state index >= 15 is 0 Å². The molecule has 0 saturated carbocycles. The first-order chi connectivity index (χ1) is 21.0. The number of piperazine rings is 1. The molecule has 0 unspecified atom stereocenters. The van der Waals surface area contributed by atoms with Gasteiger partial charge >= 0.3 is 0 Å². The Morgan fingerprint density at radius 2 is 1.51 bits per heavy atom. The van der Waals surface area contributed by atoms with Crippen molar-refractivity contribution in [1.29, 1.82) is 0 Å². The van der Waals surface area contributed by atoms with E-state index in [1.54, 1.807) is 30.5 Å². The molecular formula is C33H34FN5O4. The number of halogens is 1. The van der Waals surface area contributed by atoms with Crippen molar-refractivity contribution in [3.8, 4) is 11.5 Å². The second kappa shape index (κ2) is 14.9. The molecule has 0 aliphatic carbocycles. The Balaban J connectivity index is 1.16. The normalized spacial score (nSPS) is 14.1. The number of ether oxygens (including phenoxy) is 2. The fraction of sp³-hybridized carbons (Fsp3) is 0.242. The number of aromatic nitrogens is 1. The van der Waals surface area contributed by atoms with E-state index in [1.807, 2.05) is 48.5 Å². The van der Waals surface area contributed by atoms with Crippen molar-refractivity contribution in [3.05, 3.63) is 115 Å². The van der Waals surface area contributed by atoms with Gasteiger partial charge in [-0.3, -0.25) is 14.5 Å². The van der Waals surface area contributed by atoms with Crippen molar-refractivity contribution in [3.63, 3.8) is 0 Å². The van der Waals surface area contributed by atoms with Crippen molar-refractivity contribution in [2.75, 3.05) is 49.5 Å². The molecule has 43 heavy (non-hydrogen) atoms. The van der Waals surface area contributed by atoms with E-state index in [4.69, 9.17) is 9.47 Å². The molecular weight excluding hydrogens is 549 g/mol. The maximum atomic E-state index is 13.3. The Morgan fingerprint density at radius 3 is 2.19 bits per heavy atom. The average Bonchev–Trinajstić information content (AvgIpc) is 3.04. The summed E-state index contributed by atoms with van der Waals surface area (Å²) < 4.78 is 24.7. The Morgan fingerprint density at radius 1 is 0.837 bits per heavy atom. The number of nitrogens with one attached hydrogen (secondary N) is 2.